The smallest absolute Gasteiger partial charge is 0.230 e. The zero-order chi connectivity index (χ0) is 23.1. The summed E-state index contributed by atoms with van der Waals surface area (Å²) in [7, 11) is 0. The van der Waals surface area contributed by atoms with E-state index < -0.39 is 0 Å². The van der Waals surface area contributed by atoms with Crippen LogP contribution in [0.3, 0.4) is 0 Å². The molecule has 0 spiro atoms. The number of nitrogens with zero attached hydrogens (tertiary/aromatic N) is 3. The molecule has 1 heterocycles. The highest BCUT2D eigenvalue weighted by Crippen LogP contribution is 2.31. The number of carbonyl (C=O) groups is 1. The highest BCUT2D eigenvalue weighted by atomic mass is 32.2. The molecule has 1 aliphatic rings. The second-order valence-corrected chi connectivity index (χ2v) is 10.4. The molecule has 1 aromatic heterocycles. The lowest BCUT2D eigenvalue weighted by atomic mass is 9.95. The molecule has 7 heteroatoms. The Bertz CT molecular complexity index is 875. The average molecular weight is 459 g/mol. The predicted molar refractivity (Wildman–Crippen MR) is 130 cm³/mol. The topological polar surface area (TPSA) is 69.0 Å². The van der Waals surface area contributed by atoms with Crippen molar-refractivity contribution in [1.29, 1.82) is 0 Å². The third-order valence-corrected chi connectivity index (χ3v) is 6.77. The molecule has 2 aromatic rings. The number of para-hydroxylation sites is 1. The van der Waals surface area contributed by atoms with E-state index in [-0.39, 0.29) is 12.0 Å². The van der Waals surface area contributed by atoms with Crippen molar-refractivity contribution < 1.29 is 9.53 Å². The van der Waals surface area contributed by atoms with Crippen LogP contribution in [0.2, 0.25) is 0 Å². The number of hydrogen-bond acceptors (Lipinski definition) is 5. The zero-order valence-corrected chi connectivity index (χ0v) is 21.0. The highest BCUT2D eigenvalue weighted by molar-refractivity contribution is 7.99. The van der Waals surface area contributed by atoms with Crippen LogP contribution < -0.4 is 10.1 Å². The fourth-order valence-electron chi connectivity index (χ4n) is 4.20. The summed E-state index contributed by atoms with van der Waals surface area (Å²) in [6.07, 6.45) is 5.65. The van der Waals surface area contributed by atoms with Gasteiger partial charge in [-0.2, -0.15) is 0 Å². The van der Waals surface area contributed by atoms with Crippen LogP contribution in [-0.2, 0) is 11.3 Å². The van der Waals surface area contributed by atoms with Crippen LogP contribution in [0.15, 0.2) is 29.4 Å². The Morgan fingerprint density at radius 2 is 1.84 bits per heavy atom. The molecule has 1 N–H and O–H groups in total. The van der Waals surface area contributed by atoms with E-state index >= 15 is 0 Å². The highest BCUT2D eigenvalue weighted by Gasteiger charge is 2.23. The number of amides is 1. The van der Waals surface area contributed by atoms with Gasteiger partial charge in [0.15, 0.2) is 17.1 Å². The van der Waals surface area contributed by atoms with Gasteiger partial charge < -0.3 is 14.6 Å². The Kier molecular flexibility index (Phi) is 9.02. The first-order chi connectivity index (χ1) is 15.3. The van der Waals surface area contributed by atoms with E-state index in [9.17, 15) is 4.79 Å². The Balaban J connectivity index is 1.69. The number of rotatable bonds is 10. The molecule has 1 atom stereocenters. The van der Waals surface area contributed by atoms with Crippen LogP contribution in [0.5, 0.6) is 5.75 Å². The minimum absolute atomic E-state index is 0.0812. The fourth-order valence-corrected chi connectivity index (χ4v) is 4.96. The van der Waals surface area contributed by atoms with Crippen LogP contribution in [0.25, 0.3) is 0 Å². The quantitative estimate of drug-likeness (QED) is 0.460. The predicted octanol–water partition coefficient (Wildman–Crippen LogP) is 5.74. The van der Waals surface area contributed by atoms with E-state index in [4.69, 9.17) is 4.74 Å². The van der Waals surface area contributed by atoms with Gasteiger partial charge in [0.05, 0.1) is 5.75 Å². The molecule has 0 bridgehead atoms. The summed E-state index contributed by atoms with van der Waals surface area (Å²) in [6, 6.07) is 8.49. The largest absolute Gasteiger partial charge is 0.482 e. The van der Waals surface area contributed by atoms with Crippen LogP contribution in [0.4, 0.5) is 0 Å². The van der Waals surface area contributed by atoms with Crippen LogP contribution in [0, 0.1) is 5.92 Å². The van der Waals surface area contributed by atoms with E-state index in [1.165, 1.54) is 36.6 Å². The maximum absolute atomic E-state index is 12.5. The summed E-state index contributed by atoms with van der Waals surface area (Å²) in [5, 5.41) is 12.9. The number of thioether (sulfide) groups is 1. The molecular weight excluding hydrogens is 420 g/mol. The Morgan fingerprint density at radius 1 is 1.12 bits per heavy atom. The molecule has 32 heavy (non-hydrogen) atoms. The summed E-state index contributed by atoms with van der Waals surface area (Å²) in [6.45, 7) is 11.5. The standard InChI is InChI=1S/C25H38N4O2S/c1-17(2)15-29-24(19(5)31-22-14-10-9-13-21(22)18(3)4)27-28-25(29)32-16-23(30)26-20-11-7-6-8-12-20/h9-10,13-14,17-20H,6-8,11-12,15-16H2,1-5H3,(H,26,30). The van der Waals surface area contributed by atoms with E-state index in [2.05, 4.69) is 53.8 Å². The van der Waals surface area contributed by atoms with Crippen molar-refractivity contribution in [3.05, 3.63) is 35.7 Å². The average Bonchev–Trinajstić information content (AvgIpc) is 3.15. The van der Waals surface area contributed by atoms with Gasteiger partial charge in [0.2, 0.25) is 5.91 Å². The van der Waals surface area contributed by atoms with Gasteiger partial charge in [-0.1, -0.05) is 76.9 Å². The third kappa shape index (κ3) is 6.74. The number of benzene rings is 1. The van der Waals surface area contributed by atoms with Crippen LogP contribution in [-0.4, -0.2) is 32.5 Å². The van der Waals surface area contributed by atoms with Gasteiger partial charge >= 0.3 is 0 Å². The molecule has 0 aliphatic heterocycles. The number of aromatic nitrogens is 3. The van der Waals surface area contributed by atoms with E-state index in [1.54, 1.807) is 0 Å². The lowest BCUT2D eigenvalue weighted by molar-refractivity contribution is -0.119. The Hall–Kier alpha value is -2.02. The number of carbonyl (C=O) groups excluding carboxylic acids is 1. The van der Waals surface area contributed by atoms with E-state index in [0.717, 1.165) is 36.1 Å². The maximum Gasteiger partial charge on any atom is 0.230 e. The second-order valence-electron chi connectivity index (χ2n) is 9.49. The van der Waals surface area contributed by atoms with Gasteiger partial charge in [-0.05, 0) is 43.2 Å². The number of nitrogens with one attached hydrogen (secondary N) is 1. The minimum Gasteiger partial charge on any atom is -0.482 e. The second kappa shape index (κ2) is 11.7. The molecule has 1 saturated carbocycles. The van der Waals surface area contributed by atoms with Crippen LogP contribution in [0.1, 0.15) is 90.1 Å². The van der Waals surface area contributed by atoms with Crippen LogP contribution >= 0.6 is 11.8 Å². The van der Waals surface area contributed by atoms with Gasteiger partial charge in [-0.15, -0.1) is 10.2 Å². The summed E-state index contributed by atoms with van der Waals surface area (Å²) >= 11 is 1.46. The number of hydrogen-bond donors (Lipinski definition) is 1. The third-order valence-electron chi connectivity index (χ3n) is 5.80. The van der Waals surface area contributed by atoms with Crippen molar-refractivity contribution in [3.8, 4) is 5.75 Å². The maximum atomic E-state index is 12.5. The van der Waals surface area contributed by atoms with Crippen molar-refractivity contribution in [3.63, 3.8) is 0 Å². The molecule has 1 fully saturated rings. The summed E-state index contributed by atoms with van der Waals surface area (Å²) in [5.41, 5.74) is 1.18. The first kappa shape index (κ1) is 24.6. The molecule has 1 aliphatic carbocycles. The van der Waals surface area contributed by atoms with E-state index in [1.807, 2.05) is 25.1 Å². The van der Waals surface area contributed by atoms with Crippen molar-refractivity contribution >= 4 is 17.7 Å². The fraction of sp³-hybridized carbons (Fsp3) is 0.640. The van der Waals surface area contributed by atoms with Gasteiger partial charge in [0.1, 0.15) is 5.75 Å². The molecule has 6 nitrogen and oxygen atoms in total. The molecule has 1 aromatic carbocycles. The minimum atomic E-state index is -0.244. The summed E-state index contributed by atoms with van der Waals surface area (Å²) in [5.74, 6) is 2.93. The van der Waals surface area contributed by atoms with Crippen molar-refractivity contribution in [1.82, 2.24) is 20.1 Å². The molecule has 0 radical (unpaired) electrons. The van der Waals surface area contributed by atoms with Crippen molar-refractivity contribution in [2.24, 2.45) is 5.92 Å². The normalized spacial score (nSPS) is 15.8. The van der Waals surface area contributed by atoms with Crippen molar-refractivity contribution in [2.75, 3.05) is 5.75 Å². The first-order valence-corrected chi connectivity index (χ1v) is 12.9. The number of ether oxygens (including phenoxy) is 1. The van der Waals surface area contributed by atoms with E-state index in [0.29, 0.717) is 23.6 Å². The summed E-state index contributed by atoms with van der Waals surface area (Å²) in [4.78, 5) is 12.5. The Labute approximate surface area is 196 Å². The first-order valence-electron chi connectivity index (χ1n) is 12.0. The van der Waals surface area contributed by atoms with Gasteiger partial charge in [-0.25, -0.2) is 0 Å². The SMILES string of the molecule is CC(C)Cn1c(SCC(=O)NC2CCCCC2)nnc1C(C)Oc1ccccc1C(C)C. The lowest BCUT2D eigenvalue weighted by Gasteiger charge is -2.22. The molecular formula is C25H38N4O2S. The monoisotopic (exact) mass is 458 g/mol. The Morgan fingerprint density at radius 3 is 2.53 bits per heavy atom. The molecule has 1 unspecified atom stereocenters. The molecule has 1 amide bonds. The van der Waals surface area contributed by atoms with Gasteiger partial charge in [0.25, 0.3) is 0 Å². The molecule has 3 rings (SSSR count). The molecule has 0 saturated heterocycles. The zero-order valence-electron chi connectivity index (χ0n) is 20.1. The van der Waals surface area contributed by atoms with Gasteiger partial charge in [-0.3, -0.25) is 4.79 Å². The van der Waals surface area contributed by atoms with Crippen molar-refractivity contribution in [2.45, 2.75) is 96.5 Å². The lowest BCUT2D eigenvalue weighted by Crippen LogP contribution is -2.37. The van der Waals surface area contributed by atoms with Gasteiger partial charge in [0, 0.05) is 12.6 Å². The molecule has 176 valence electrons. The summed E-state index contributed by atoms with van der Waals surface area (Å²) < 4.78 is 8.46.